The van der Waals surface area contributed by atoms with Crippen molar-refractivity contribution in [3.8, 4) is 28.6 Å². The number of rotatable bonds is 9. The van der Waals surface area contributed by atoms with Crippen LogP contribution in [0.15, 0.2) is 83.3 Å². The van der Waals surface area contributed by atoms with E-state index in [0.717, 1.165) is 17.0 Å². The lowest BCUT2D eigenvalue weighted by Gasteiger charge is -2.11. The Morgan fingerprint density at radius 2 is 2.03 bits per heavy atom. The number of nitrogens with one attached hydrogen (secondary N) is 1. The van der Waals surface area contributed by atoms with Gasteiger partial charge in [0.25, 0.3) is 5.91 Å². The van der Waals surface area contributed by atoms with Gasteiger partial charge in [0.15, 0.2) is 11.0 Å². The molecule has 2 aromatic carbocycles. The van der Waals surface area contributed by atoms with E-state index in [2.05, 4.69) is 25.7 Å². The monoisotopic (exact) mass is 474 g/mol. The molecule has 0 bridgehead atoms. The van der Waals surface area contributed by atoms with Crippen molar-refractivity contribution in [2.45, 2.75) is 12.1 Å². The number of hydrazone groups is 1. The Kier molecular flexibility index (Phi) is 7.51. The third-order valence-corrected chi connectivity index (χ3v) is 5.49. The Morgan fingerprint density at radius 3 is 2.76 bits per heavy atom. The first kappa shape index (κ1) is 23.0. The van der Waals surface area contributed by atoms with Crippen molar-refractivity contribution in [1.29, 1.82) is 0 Å². The largest absolute Gasteiger partial charge is 0.508 e. The molecule has 1 amide bonds. The number of carbonyl (C=O) groups excluding carboxylic acids is 1. The van der Waals surface area contributed by atoms with Crippen molar-refractivity contribution < 1.29 is 14.6 Å². The molecule has 0 radical (unpaired) electrons. The van der Waals surface area contributed by atoms with Gasteiger partial charge in [-0.15, -0.1) is 10.2 Å². The van der Waals surface area contributed by atoms with Crippen molar-refractivity contribution in [3.05, 3.63) is 78.6 Å². The number of nitrogens with zero attached hydrogens (tertiary/aromatic N) is 5. The SMILES string of the molecule is CCOc1ccc(-n2c(SCC(=O)NN=Cc3cccc(O)c3)nnc2-c2cccnc2)cc1. The molecule has 0 aliphatic rings. The quantitative estimate of drug-likeness (QED) is 0.216. The van der Waals surface area contributed by atoms with Crippen LogP contribution in [-0.2, 0) is 4.79 Å². The van der Waals surface area contributed by atoms with Gasteiger partial charge in [0.05, 0.1) is 18.6 Å². The zero-order valence-corrected chi connectivity index (χ0v) is 19.1. The lowest BCUT2D eigenvalue weighted by Crippen LogP contribution is -2.20. The molecule has 0 saturated heterocycles. The molecule has 0 aliphatic carbocycles. The Morgan fingerprint density at radius 1 is 1.18 bits per heavy atom. The van der Waals surface area contributed by atoms with E-state index >= 15 is 0 Å². The van der Waals surface area contributed by atoms with E-state index in [9.17, 15) is 9.90 Å². The third kappa shape index (κ3) is 5.78. The number of aromatic hydroxyl groups is 1. The number of hydrogen-bond acceptors (Lipinski definition) is 8. The van der Waals surface area contributed by atoms with E-state index in [4.69, 9.17) is 4.74 Å². The molecular weight excluding hydrogens is 452 g/mol. The molecule has 172 valence electrons. The molecule has 0 fully saturated rings. The standard InChI is InChI=1S/C24H22N6O3S/c1-2-33-21-10-8-19(9-11-21)30-23(18-6-4-12-25-15-18)28-29-24(30)34-16-22(32)27-26-14-17-5-3-7-20(31)13-17/h3-15,31H,2,16H2,1H3,(H,27,32). The van der Waals surface area contributed by atoms with E-state index in [1.165, 1.54) is 18.0 Å². The van der Waals surface area contributed by atoms with Crippen molar-refractivity contribution >= 4 is 23.9 Å². The van der Waals surface area contributed by atoms with E-state index in [1.54, 1.807) is 36.7 Å². The predicted octanol–water partition coefficient (Wildman–Crippen LogP) is 3.68. The normalized spacial score (nSPS) is 11.0. The van der Waals surface area contributed by atoms with Gasteiger partial charge in [0, 0.05) is 23.6 Å². The van der Waals surface area contributed by atoms with Crippen LogP contribution in [0.25, 0.3) is 17.1 Å². The van der Waals surface area contributed by atoms with E-state index < -0.39 is 0 Å². The summed E-state index contributed by atoms with van der Waals surface area (Å²) >= 11 is 1.24. The Labute approximate surface area is 200 Å². The highest BCUT2D eigenvalue weighted by Crippen LogP contribution is 2.28. The molecule has 0 spiro atoms. The number of carbonyl (C=O) groups is 1. The number of hydrogen-bond donors (Lipinski definition) is 2. The van der Waals surface area contributed by atoms with Gasteiger partial charge in [0.2, 0.25) is 0 Å². The van der Waals surface area contributed by atoms with Crippen LogP contribution < -0.4 is 10.2 Å². The van der Waals surface area contributed by atoms with Gasteiger partial charge >= 0.3 is 0 Å². The molecule has 2 heterocycles. The van der Waals surface area contributed by atoms with Crippen LogP contribution in [0, 0.1) is 0 Å². The number of benzene rings is 2. The summed E-state index contributed by atoms with van der Waals surface area (Å²) in [6.07, 6.45) is 4.87. The smallest absolute Gasteiger partial charge is 0.250 e. The molecule has 0 aliphatic heterocycles. The number of amides is 1. The van der Waals surface area contributed by atoms with Crippen LogP contribution in [0.4, 0.5) is 0 Å². The van der Waals surface area contributed by atoms with Crippen molar-refractivity contribution in [2.24, 2.45) is 5.10 Å². The molecule has 2 N–H and O–H groups in total. The Bertz CT molecular complexity index is 1280. The average molecular weight is 475 g/mol. The van der Waals surface area contributed by atoms with E-state index in [0.29, 0.717) is 23.2 Å². The predicted molar refractivity (Wildman–Crippen MR) is 130 cm³/mol. The lowest BCUT2D eigenvalue weighted by atomic mass is 10.2. The second kappa shape index (κ2) is 11.1. The van der Waals surface area contributed by atoms with Crippen molar-refractivity contribution in [3.63, 3.8) is 0 Å². The highest BCUT2D eigenvalue weighted by molar-refractivity contribution is 7.99. The van der Waals surface area contributed by atoms with Gasteiger partial charge in [-0.1, -0.05) is 23.9 Å². The second-order valence-electron chi connectivity index (χ2n) is 6.99. The number of ether oxygens (including phenoxy) is 1. The first-order chi connectivity index (χ1) is 16.6. The van der Waals surface area contributed by atoms with Gasteiger partial charge < -0.3 is 9.84 Å². The first-order valence-electron chi connectivity index (χ1n) is 10.5. The molecule has 0 unspecified atom stereocenters. The minimum Gasteiger partial charge on any atom is -0.508 e. The molecule has 2 aromatic heterocycles. The summed E-state index contributed by atoms with van der Waals surface area (Å²) in [5.74, 6) is 1.29. The molecule has 4 rings (SSSR count). The molecule has 10 heteroatoms. The van der Waals surface area contributed by atoms with Crippen molar-refractivity contribution in [1.82, 2.24) is 25.2 Å². The lowest BCUT2D eigenvalue weighted by molar-refractivity contribution is -0.118. The number of thioether (sulfide) groups is 1. The fourth-order valence-corrected chi connectivity index (χ4v) is 3.83. The van der Waals surface area contributed by atoms with Crippen molar-refractivity contribution in [2.75, 3.05) is 12.4 Å². The van der Waals surface area contributed by atoms with Crippen LogP contribution in [0.5, 0.6) is 11.5 Å². The van der Waals surface area contributed by atoms with Crippen LogP contribution in [0.1, 0.15) is 12.5 Å². The summed E-state index contributed by atoms with van der Waals surface area (Å²) in [6, 6.07) is 17.9. The maximum Gasteiger partial charge on any atom is 0.250 e. The number of pyridine rings is 1. The zero-order valence-electron chi connectivity index (χ0n) is 18.3. The summed E-state index contributed by atoms with van der Waals surface area (Å²) in [5, 5.41) is 22.6. The minimum absolute atomic E-state index is 0.0829. The Hall–Kier alpha value is -4.18. The van der Waals surface area contributed by atoms with Gasteiger partial charge in [-0.2, -0.15) is 5.10 Å². The third-order valence-electron chi connectivity index (χ3n) is 4.56. The molecule has 0 saturated carbocycles. The molecule has 0 atom stereocenters. The molecule has 34 heavy (non-hydrogen) atoms. The maximum absolute atomic E-state index is 12.3. The Balaban J connectivity index is 1.51. The topological polar surface area (TPSA) is 115 Å². The fourth-order valence-electron chi connectivity index (χ4n) is 3.08. The van der Waals surface area contributed by atoms with Crippen LogP contribution in [0.2, 0.25) is 0 Å². The fraction of sp³-hybridized carbons (Fsp3) is 0.125. The van der Waals surface area contributed by atoms with Gasteiger partial charge in [0.1, 0.15) is 11.5 Å². The summed E-state index contributed by atoms with van der Waals surface area (Å²) in [5.41, 5.74) is 4.79. The summed E-state index contributed by atoms with van der Waals surface area (Å²) in [4.78, 5) is 16.5. The summed E-state index contributed by atoms with van der Waals surface area (Å²) in [6.45, 7) is 2.51. The zero-order chi connectivity index (χ0) is 23.8. The summed E-state index contributed by atoms with van der Waals surface area (Å²) in [7, 11) is 0. The van der Waals surface area contributed by atoms with Gasteiger partial charge in [-0.05, 0) is 61.0 Å². The van der Waals surface area contributed by atoms with Crippen LogP contribution in [0.3, 0.4) is 0 Å². The van der Waals surface area contributed by atoms with E-state index in [1.807, 2.05) is 47.9 Å². The molecular formula is C24H22N6O3S. The number of phenolic OH excluding ortho intramolecular Hbond substituents is 1. The number of phenols is 1. The molecule has 9 nitrogen and oxygen atoms in total. The average Bonchev–Trinajstić information content (AvgIpc) is 3.28. The van der Waals surface area contributed by atoms with E-state index in [-0.39, 0.29) is 17.4 Å². The van der Waals surface area contributed by atoms with Crippen LogP contribution >= 0.6 is 11.8 Å². The summed E-state index contributed by atoms with van der Waals surface area (Å²) < 4.78 is 7.42. The highest BCUT2D eigenvalue weighted by Gasteiger charge is 2.17. The highest BCUT2D eigenvalue weighted by atomic mass is 32.2. The van der Waals surface area contributed by atoms with Crippen LogP contribution in [-0.4, -0.2) is 49.3 Å². The van der Waals surface area contributed by atoms with Gasteiger partial charge in [-0.25, -0.2) is 5.43 Å². The first-order valence-corrected chi connectivity index (χ1v) is 11.5. The second-order valence-corrected chi connectivity index (χ2v) is 7.93. The minimum atomic E-state index is -0.300. The molecule has 4 aromatic rings. The maximum atomic E-state index is 12.3. The van der Waals surface area contributed by atoms with Gasteiger partial charge in [-0.3, -0.25) is 14.3 Å². The number of aromatic nitrogens is 4.